The maximum atomic E-state index is 12.3. The van der Waals surface area contributed by atoms with Crippen molar-refractivity contribution in [2.45, 2.75) is 58.6 Å². The molecule has 7 nitrogen and oxygen atoms in total. The van der Waals surface area contributed by atoms with Gasteiger partial charge >= 0.3 is 0 Å². The molecule has 0 bridgehead atoms. The summed E-state index contributed by atoms with van der Waals surface area (Å²) in [6.07, 6.45) is 0. The third-order valence-corrected chi connectivity index (χ3v) is 5.39. The molecule has 0 fully saturated rings. The summed E-state index contributed by atoms with van der Waals surface area (Å²) in [5.41, 5.74) is 1.32. The third-order valence-electron chi connectivity index (χ3n) is 3.87. The van der Waals surface area contributed by atoms with Crippen LogP contribution in [0.5, 0.6) is 0 Å². The van der Waals surface area contributed by atoms with Crippen LogP contribution in [0.2, 0.25) is 0 Å². The van der Waals surface area contributed by atoms with Crippen LogP contribution in [-0.4, -0.2) is 46.2 Å². The zero-order valence-electron chi connectivity index (χ0n) is 17.7. The molecule has 0 aliphatic rings. The molecule has 0 radical (unpaired) electrons. The quantitative estimate of drug-likeness (QED) is 0.248. The van der Waals surface area contributed by atoms with Crippen LogP contribution in [0.15, 0.2) is 29.3 Å². The van der Waals surface area contributed by atoms with Crippen molar-refractivity contribution in [3.63, 3.8) is 0 Å². The first-order valence-corrected chi connectivity index (χ1v) is 10.9. The van der Waals surface area contributed by atoms with Crippen molar-refractivity contribution in [3.05, 3.63) is 35.4 Å². The third kappa shape index (κ3) is 10.6. The van der Waals surface area contributed by atoms with Crippen LogP contribution in [0.1, 0.15) is 45.7 Å². The Morgan fingerprint density at radius 3 is 2.32 bits per heavy atom. The second-order valence-electron chi connectivity index (χ2n) is 7.31. The van der Waals surface area contributed by atoms with Gasteiger partial charge in [0.15, 0.2) is 5.96 Å². The molecule has 3 N–H and O–H groups in total. The zero-order valence-corrected chi connectivity index (χ0v) is 20.9. The minimum atomic E-state index is -3.38. The summed E-state index contributed by atoms with van der Waals surface area (Å²) in [6.45, 7) is 11.3. The van der Waals surface area contributed by atoms with Gasteiger partial charge in [-0.05, 0) is 45.7 Å². The lowest BCUT2D eigenvalue weighted by Gasteiger charge is -2.24. The molecule has 1 aromatic carbocycles. The number of nitrogens with one attached hydrogen (secondary N) is 3. The van der Waals surface area contributed by atoms with E-state index in [4.69, 9.17) is 4.74 Å². The predicted molar refractivity (Wildman–Crippen MR) is 127 cm³/mol. The summed E-state index contributed by atoms with van der Waals surface area (Å²) in [5.74, 6) is 0.609. The summed E-state index contributed by atoms with van der Waals surface area (Å²) in [5, 5.41) is 6.46. The maximum Gasteiger partial charge on any atom is 0.216 e. The molecule has 0 aliphatic carbocycles. The molecule has 0 aliphatic heterocycles. The lowest BCUT2D eigenvalue weighted by molar-refractivity contribution is 0.0268. The Kier molecular flexibility index (Phi) is 12.2. The van der Waals surface area contributed by atoms with E-state index in [1.165, 1.54) is 0 Å². The average Bonchev–Trinajstić information content (AvgIpc) is 2.57. The molecule has 0 amide bonds. The molecule has 9 heteroatoms. The number of nitrogens with zero attached hydrogens (tertiary/aromatic N) is 1. The highest BCUT2D eigenvalue weighted by Gasteiger charge is 2.17. The number of hydrogen-bond acceptors (Lipinski definition) is 4. The summed E-state index contributed by atoms with van der Waals surface area (Å²) < 4.78 is 32.6. The van der Waals surface area contributed by atoms with E-state index in [9.17, 15) is 8.42 Å². The first kappa shape index (κ1) is 27.1. The van der Waals surface area contributed by atoms with Gasteiger partial charge in [0.05, 0.1) is 17.9 Å². The minimum Gasteiger partial charge on any atom is -0.377 e. The van der Waals surface area contributed by atoms with Crippen molar-refractivity contribution in [1.29, 1.82) is 0 Å². The molecular formula is C19H35IN4O3S. The standard InChI is InChI=1S/C19H34N4O3S.HI/c1-7-20-18(22-14-19(4,5)26-6)21-12-16-10-8-9-11-17(16)13-27(24,25)23-15(2)3;/h8-11,15,23H,7,12-14H2,1-6H3,(H2,20,21,22);1H. The zero-order chi connectivity index (χ0) is 20.5. The predicted octanol–water partition coefficient (Wildman–Crippen LogP) is 2.61. The molecule has 0 spiro atoms. The fraction of sp³-hybridized carbons (Fsp3) is 0.632. The van der Waals surface area contributed by atoms with Gasteiger partial charge < -0.3 is 15.4 Å². The Balaban J connectivity index is 0.00000729. The van der Waals surface area contributed by atoms with Crippen molar-refractivity contribution in [2.24, 2.45) is 4.99 Å². The van der Waals surface area contributed by atoms with Crippen molar-refractivity contribution >= 4 is 40.0 Å². The van der Waals surface area contributed by atoms with Gasteiger partial charge in [-0.25, -0.2) is 18.1 Å². The highest BCUT2D eigenvalue weighted by Crippen LogP contribution is 2.14. The van der Waals surface area contributed by atoms with Crippen molar-refractivity contribution in [3.8, 4) is 0 Å². The van der Waals surface area contributed by atoms with Gasteiger partial charge in [0.2, 0.25) is 10.0 Å². The van der Waals surface area contributed by atoms with Crippen LogP contribution < -0.4 is 15.4 Å². The molecule has 0 unspecified atom stereocenters. The molecule has 0 saturated carbocycles. The Bertz CT molecular complexity index is 722. The number of halogens is 1. The summed E-state index contributed by atoms with van der Waals surface area (Å²) >= 11 is 0. The van der Waals surface area contributed by atoms with Gasteiger partial charge in [-0.1, -0.05) is 24.3 Å². The molecule has 0 aromatic heterocycles. The summed E-state index contributed by atoms with van der Waals surface area (Å²) in [6, 6.07) is 7.35. The number of aliphatic imine (C=N–C) groups is 1. The van der Waals surface area contributed by atoms with Gasteiger partial charge in [0.25, 0.3) is 0 Å². The minimum absolute atomic E-state index is 0. The van der Waals surface area contributed by atoms with Gasteiger partial charge in [-0.3, -0.25) is 0 Å². The van der Waals surface area contributed by atoms with E-state index in [-0.39, 0.29) is 41.4 Å². The Labute approximate surface area is 187 Å². The number of methoxy groups -OCH3 is 1. The second-order valence-corrected chi connectivity index (χ2v) is 9.07. The van der Waals surface area contributed by atoms with Crippen LogP contribution in [-0.2, 0) is 27.1 Å². The largest absolute Gasteiger partial charge is 0.377 e. The monoisotopic (exact) mass is 526 g/mol. The summed E-state index contributed by atoms with van der Waals surface area (Å²) in [4.78, 5) is 4.60. The first-order valence-electron chi connectivity index (χ1n) is 9.22. The molecule has 1 rings (SSSR count). The molecule has 0 atom stereocenters. The number of guanidine groups is 1. The molecule has 0 saturated heterocycles. The van der Waals surface area contributed by atoms with Crippen molar-refractivity contribution in [1.82, 2.24) is 15.4 Å². The smallest absolute Gasteiger partial charge is 0.216 e. The van der Waals surface area contributed by atoms with E-state index in [1.54, 1.807) is 7.11 Å². The van der Waals surface area contributed by atoms with Crippen LogP contribution in [0.3, 0.4) is 0 Å². The van der Waals surface area contributed by atoms with E-state index in [1.807, 2.05) is 58.9 Å². The Hall–Kier alpha value is -0.910. The van der Waals surface area contributed by atoms with Gasteiger partial charge in [-0.2, -0.15) is 0 Å². The normalized spacial score (nSPS) is 12.6. The Morgan fingerprint density at radius 2 is 1.79 bits per heavy atom. The molecule has 1 aromatic rings. The van der Waals surface area contributed by atoms with E-state index < -0.39 is 10.0 Å². The van der Waals surface area contributed by atoms with Crippen LogP contribution in [0.25, 0.3) is 0 Å². The Morgan fingerprint density at radius 1 is 1.18 bits per heavy atom. The SMILES string of the molecule is CCNC(=NCc1ccccc1CS(=O)(=O)NC(C)C)NCC(C)(C)OC.I. The van der Waals surface area contributed by atoms with E-state index in [2.05, 4.69) is 20.3 Å². The average molecular weight is 526 g/mol. The van der Waals surface area contributed by atoms with Crippen molar-refractivity contribution < 1.29 is 13.2 Å². The van der Waals surface area contributed by atoms with E-state index >= 15 is 0 Å². The van der Waals surface area contributed by atoms with Gasteiger partial charge in [0, 0.05) is 26.2 Å². The molecule has 28 heavy (non-hydrogen) atoms. The fourth-order valence-corrected chi connectivity index (χ4v) is 3.83. The van der Waals surface area contributed by atoms with E-state index in [0.717, 1.165) is 17.7 Å². The first-order chi connectivity index (χ1) is 12.6. The lowest BCUT2D eigenvalue weighted by atomic mass is 10.1. The highest BCUT2D eigenvalue weighted by molar-refractivity contribution is 14.0. The van der Waals surface area contributed by atoms with Crippen LogP contribution >= 0.6 is 24.0 Å². The summed E-state index contributed by atoms with van der Waals surface area (Å²) in [7, 11) is -1.71. The van der Waals surface area contributed by atoms with E-state index in [0.29, 0.717) is 19.0 Å². The van der Waals surface area contributed by atoms with Gasteiger partial charge in [-0.15, -0.1) is 24.0 Å². The topological polar surface area (TPSA) is 91.8 Å². The van der Waals surface area contributed by atoms with Gasteiger partial charge in [0.1, 0.15) is 0 Å². The van der Waals surface area contributed by atoms with Crippen LogP contribution in [0.4, 0.5) is 0 Å². The van der Waals surface area contributed by atoms with Crippen molar-refractivity contribution in [2.75, 3.05) is 20.2 Å². The maximum absolute atomic E-state index is 12.3. The lowest BCUT2D eigenvalue weighted by Crippen LogP contribution is -2.45. The highest BCUT2D eigenvalue weighted by atomic mass is 127. The second kappa shape index (κ2) is 12.6. The number of benzene rings is 1. The number of rotatable bonds is 10. The number of ether oxygens (including phenoxy) is 1. The van der Waals surface area contributed by atoms with Crippen LogP contribution in [0, 0.1) is 0 Å². The molecular weight excluding hydrogens is 491 g/mol. The molecule has 0 heterocycles. The number of hydrogen-bond donors (Lipinski definition) is 3. The number of sulfonamides is 1. The molecule has 162 valence electrons. The fourth-order valence-electron chi connectivity index (χ4n) is 2.33.